The number of aryl methyl sites for hydroxylation is 1. The molecule has 0 aliphatic rings. The first-order valence-corrected chi connectivity index (χ1v) is 7.10. The van der Waals surface area contributed by atoms with Crippen LogP contribution in [-0.4, -0.2) is 9.97 Å². The first kappa shape index (κ1) is 15.8. The van der Waals surface area contributed by atoms with Gasteiger partial charge < -0.3 is 5.32 Å². The van der Waals surface area contributed by atoms with Crippen LogP contribution in [0.2, 0.25) is 0 Å². The molecule has 0 fully saturated rings. The monoisotopic (exact) mass is 359 g/mol. The molecule has 0 bridgehead atoms. The van der Waals surface area contributed by atoms with E-state index in [2.05, 4.69) is 31.2 Å². The van der Waals surface area contributed by atoms with Crippen molar-refractivity contribution in [2.45, 2.75) is 26.1 Å². The number of anilines is 1. The second-order valence-electron chi connectivity index (χ2n) is 4.36. The minimum atomic E-state index is -4.46. The molecule has 112 valence electrons. The third-order valence-corrected chi connectivity index (χ3v) is 3.38. The van der Waals surface area contributed by atoms with Crippen molar-refractivity contribution in [2.24, 2.45) is 0 Å². The van der Waals surface area contributed by atoms with Gasteiger partial charge in [-0.1, -0.05) is 13.0 Å². The number of aromatic nitrogens is 2. The summed E-state index contributed by atoms with van der Waals surface area (Å²) in [6.07, 6.45) is -0.742. The van der Waals surface area contributed by atoms with Crippen LogP contribution in [0.4, 0.5) is 19.0 Å². The molecule has 0 atom stereocenters. The number of rotatable bonds is 4. The summed E-state index contributed by atoms with van der Waals surface area (Å²) in [7, 11) is 0. The number of pyridine rings is 2. The molecule has 21 heavy (non-hydrogen) atoms. The van der Waals surface area contributed by atoms with Gasteiger partial charge in [-0.05, 0) is 40.0 Å². The highest BCUT2D eigenvalue weighted by Crippen LogP contribution is 2.35. The summed E-state index contributed by atoms with van der Waals surface area (Å²) >= 11 is 3.00. The van der Waals surface area contributed by atoms with E-state index in [1.165, 1.54) is 6.20 Å². The molecule has 2 aromatic rings. The van der Waals surface area contributed by atoms with Crippen LogP contribution in [0.25, 0.3) is 0 Å². The summed E-state index contributed by atoms with van der Waals surface area (Å²) in [6.45, 7) is 2.17. The Labute approximate surface area is 128 Å². The minimum absolute atomic E-state index is 0.196. The lowest BCUT2D eigenvalue weighted by molar-refractivity contribution is -0.137. The Morgan fingerprint density at radius 3 is 2.71 bits per heavy atom. The molecule has 0 spiro atoms. The molecule has 0 aliphatic heterocycles. The van der Waals surface area contributed by atoms with E-state index in [4.69, 9.17) is 0 Å². The van der Waals surface area contributed by atoms with E-state index in [0.29, 0.717) is 0 Å². The third-order valence-electron chi connectivity index (χ3n) is 2.95. The van der Waals surface area contributed by atoms with E-state index >= 15 is 0 Å². The molecule has 0 saturated heterocycles. The van der Waals surface area contributed by atoms with Crippen molar-refractivity contribution in [3.8, 4) is 0 Å². The second kappa shape index (κ2) is 6.43. The predicted molar refractivity (Wildman–Crippen MR) is 77.9 cm³/mol. The van der Waals surface area contributed by atoms with Crippen molar-refractivity contribution in [1.82, 2.24) is 9.97 Å². The molecular formula is C14H13BrF3N3. The molecule has 0 unspecified atom stereocenters. The van der Waals surface area contributed by atoms with Crippen molar-refractivity contribution in [3.63, 3.8) is 0 Å². The summed E-state index contributed by atoms with van der Waals surface area (Å²) in [5.41, 5.74) is 0.916. The van der Waals surface area contributed by atoms with Gasteiger partial charge in [0.1, 0.15) is 5.82 Å². The quantitative estimate of drug-likeness (QED) is 0.877. The second-order valence-corrected chi connectivity index (χ2v) is 5.28. The van der Waals surface area contributed by atoms with Gasteiger partial charge in [-0.3, -0.25) is 4.98 Å². The molecule has 0 aromatic carbocycles. The van der Waals surface area contributed by atoms with E-state index in [-0.39, 0.29) is 16.8 Å². The lowest BCUT2D eigenvalue weighted by Crippen LogP contribution is -2.13. The highest BCUT2D eigenvalue weighted by molar-refractivity contribution is 9.10. The molecule has 0 amide bonds. The van der Waals surface area contributed by atoms with Crippen molar-refractivity contribution in [1.29, 1.82) is 0 Å². The molecule has 2 aromatic heterocycles. The van der Waals surface area contributed by atoms with Gasteiger partial charge in [-0.25, -0.2) is 4.98 Å². The summed E-state index contributed by atoms with van der Waals surface area (Å²) in [6, 6.07) is 4.72. The standard InChI is InChI=1S/C14H13BrF3N3/c1-2-9-4-3-5-19-12(9)8-21-13-11(14(16,17)18)6-10(15)7-20-13/h3-7H,2,8H2,1H3,(H,20,21). The Balaban J connectivity index is 2.24. The minimum Gasteiger partial charge on any atom is -0.364 e. The third kappa shape index (κ3) is 3.93. The van der Waals surface area contributed by atoms with Gasteiger partial charge in [0.15, 0.2) is 0 Å². The summed E-state index contributed by atoms with van der Waals surface area (Å²) in [5, 5.41) is 2.72. The Kier molecular flexibility index (Phi) is 4.82. The van der Waals surface area contributed by atoms with Crippen molar-refractivity contribution in [2.75, 3.05) is 5.32 Å². The Morgan fingerprint density at radius 2 is 2.05 bits per heavy atom. The van der Waals surface area contributed by atoms with Crippen LogP contribution in [0.1, 0.15) is 23.7 Å². The maximum Gasteiger partial charge on any atom is 0.419 e. The van der Waals surface area contributed by atoms with Gasteiger partial charge >= 0.3 is 6.18 Å². The summed E-state index contributed by atoms with van der Waals surface area (Å²) in [5.74, 6) is -0.196. The topological polar surface area (TPSA) is 37.8 Å². The van der Waals surface area contributed by atoms with Crippen molar-refractivity contribution in [3.05, 3.63) is 51.9 Å². The number of alkyl halides is 3. The summed E-state index contributed by atoms with van der Waals surface area (Å²) < 4.78 is 39.2. The van der Waals surface area contributed by atoms with Crippen LogP contribution >= 0.6 is 15.9 Å². The van der Waals surface area contributed by atoms with Gasteiger partial charge in [0, 0.05) is 16.9 Å². The Bertz CT molecular complexity index is 629. The van der Waals surface area contributed by atoms with E-state index in [1.807, 2.05) is 13.0 Å². The van der Waals surface area contributed by atoms with Crippen LogP contribution in [0.5, 0.6) is 0 Å². The van der Waals surface area contributed by atoms with Crippen LogP contribution in [0, 0.1) is 0 Å². The zero-order valence-electron chi connectivity index (χ0n) is 11.2. The molecule has 0 aliphatic carbocycles. The van der Waals surface area contributed by atoms with Gasteiger partial charge in [0.2, 0.25) is 0 Å². The zero-order chi connectivity index (χ0) is 15.5. The van der Waals surface area contributed by atoms with Crippen LogP contribution in [0.3, 0.4) is 0 Å². The maximum atomic E-state index is 13.0. The van der Waals surface area contributed by atoms with E-state index in [1.54, 1.807) is 12.3 Å². The first-order valence-electron chi connectivity index (χ1n) is 6.31. The fourth-order valence-electron chi connectivity index (χ4n) is 1.92. The number of hydrogen-bond acceptors (Lipinski definition) is 3. The SMILES string of the molecule is CCc1cccnc1CNc1ncc(Br)cc1C(F)(F)F. The van der Waals surface area contributed by atoms with Crippen LogP contribution in [-0.2, 0) is 19.1 Å². The average Bonchev–Trinajstić information content (AvgIpc) is 2.45. The molecule has 0 saturated carbocycles. The molecule has 0 radical (unpaired) electrons. The lowest BCUT2D eigenvalue weighted by Gasteiger charge is -2.14. The van der Waals surface area contributed by atoms with Crippen molar-refractivity contribution >= 4 is 21.7 Å². The number of nitrogens with one attached hydrogen (secondary N) is 1. The van der Waals surface area contributed by atoms with Gasteiger partial charge in [-0.2, -0.15) is 13.2 Å². The maximum absolute atomic E-state index is 13.0. The largest absolute Gasteiger partial charge is 0.419 e. The van der Waals surface area contributed by atoms with E-state index in [0.717, 1.165) is 23.7 Å². The number of nitrogens with zero attached hydrogens (tertiary/aromatic N) is 2. The van der Waals surface area contributed by atoms with Crippen molar-refractivity contribution < 1.29 is 13.2 Å². The van der Waals surface area contributed by atoms with Gasteiger partial charge in [0.25, 0.3) is 0 Å². The Morgan fingerprint density at radius 1 is 1.29 bits per heavy atom. The molecule has 1 N–H and O–H groups in total. The average molecular weight is 360 g/mol. The lowest BCUT2D eigenvalue weighted by atomic mass is 10.1. The molecule has 3 nitrogen and oxygen atoms in total. The van der Waals surface area contributed by atoms with Gasteiger partial charge in [-0.15, -0.1) is 0 Å². The molecule has 2 rings (SSSR count). The molecule has 2 heterocycles. The van der Waals surface area contributed by atoms with Gasteiger partial charge in [0.05, 0.1) is 17.8 Å². The first-order chi connectivity index (χ1) is 9.91. The zero-order valence-corrected chi connectivity index (χ0v) is 12.8. The van der Waals surface area contributed by atoms with E-state index < -0.39 is 11.7 Å². The fraction of sp³-hybridized carbons (Fsp3) is 0.286. The highest BCUT2D eigenvalue weighted by Gasteiger charge is 2.34. The normalized spacial score (nSPS) is 11.5. The summed E-state index contributed by atoms with van der Waals surface area (Å²) in [4.78, 5) is 8.00. The van der Waals surface area contributed by atoms with Crippen LogP contribution in [0.15, 0.2) is 35.1 Å². The molecular weight excluding hydrogens is 347 g/mol. The van der Waals surface area contributed by atoms with Crippen LogP contribution < -0.4 is 5.32 Å². The number of hydrogen-bond donors (Lipinski definition) is 1. The number of halogens is 4. The molecule has 7 heteroatoms. The smallest absolute Gasteiger partial charge is 0.364 e. The predicted octanol–water partition coefficient (Wildman–Crippen LogP) is 4.43. The van der Waals surface area contributed by atoms with E-state index in [9.17, 15) is 13.2 Å². The highest BCUT2D eigenvalue weighted by atomic mass is 79.9. The fourth-order valence-corrected chi connectivity index (χ4v) is 2.25. The Hall–Kier alpha value is -1.63.